The molecule has 27 heavy (non-hydrogen) atoms. The van der Waals surface area contributed by atoms with Crippen LogP contribution in [0.3, 0.4) is 0 Å². The van der Waals surface area contributed by atoms with Gasteiger partial charge in [0, 0.05) is 23.0 Å². The molecule has 0 bridgehead atoms. The van der Waals surface area contributed by atoms with Gasteiger partial charge in [-0.05, 0) is 19.8 Å². The lowest BCUT2D eigenvalue weighted by Crippen LogP contribution is -2.93. The highest BCUT2D eigenvalue weighted by Gasteiger charge is 2.55. The van der Waals surface area contributed by atoms with Gasteiger partial charge in [0.15, 0.2) is 0 Å². The lowest BCUT2D eigenvalue weighted by molar-refractivity contribution is -0.764. The van der Waals surface area contributed by atoms with E-state index in [0.717, 1.165) is 18.4 Å². The zero-order valence-corrected chi connectivity index (χ0v) is 16.9. The van der Waals surface area contributed by atoms with E-state index in [1.807, 2.05) is 6.92 Å². The molecule has 144 valence electrons. The van der Waals surface area contributed by atoms with Crippen molar-refractivity contribution in [2.75, 3.05) is 0 Å². The first-order chi connectivity index (χ1) is 13.0. The minimum absolute atomic E-state index is 0.146. The van der Waals surface area contributed by atoms with Crippen LogP contribution in [0.2, 0.25) is 0 Å². The number of aliphatic hydroxyl groups is 1. The molecule has 0 aromatic heterocycles. The average molecular weight is 365 g/mol. The Hall–Kier alpha value is -1.90. The van der Waals surface area contributed by atoms with Gasteiger partial charge in [-0.1, -0.05) is 86.5 Å². The highest BCUT2D eigenvalue weighted by atomic mass is 16.3. The molecule has 1 heterocycles. The highest BCUT2D eigenvalue weighted by Crippen LogP contribution is 2.47. The van der Waals surface area contributed by atoms with E-state index in [9.17, 15) is 5.11 Å². The summed E-state index contributed by atoms with van der Waals surface area (Å²) in [7, 11) is 0. The third-order valence-electron chi connectivity index (χ3n) is 6.37. The van der Waals surface area contributed by atoms with Crippen molar-refractivity contribution in [3.8, 4) is 0 Å². The molecule has 0 amide bonds. The molecule has 2 aromatic carbocycles. The normalized spacial score (nSPS) is 30.8. The van der Waals surface area contributed by atoms with Gasteiger partial charge in [0.1, 0.15) is 12.1 Å². The molecular formula is C25H34NO+. The van der Waals surface area contributed by atoms with E-state index in [2.05, 4.69) is 86.4 Å². The van der Waals surface area contributed by atoms with Crippen molar-refractivity contribution in [1.29, 1.82) is 0 Å². The molecule has 2 aromatic rings. The molecule has 0 unspecified atom stereocenters. The smallest absolute Gasteiger partial charge is 0.118 e. The maximum atomic E-state index is 12.1. The van der Waals surface area contributed by atoms with E-state index in [-0.39, 0.29) is 23.9 Å². The molecule has 0 saturated carbocycles. The van der Waals surface area contributed by atoms with Gasteiger partial charge in [-0.15, -0.1) is 6.58 Å². The summed E-state index contributed by atoms with van der Waals surface area (Å²) in [5.74, 6) is 0.352. The maximum Gasteiger partial charge on any atom is 0.118 e. The van der Waals surface area contributed by atoms with Gasteiger partial charge in [0.25, 0.3) is 0 Å². The van der Waals surface area contributed by atoms with Gasteiger partial charge in [-0.3, -0.25) is 0 Å². The largest absolute Gasteiger partial charge is 0.388 e. The molecule has 3 N–H and O–H groups in total. The molecular weight excluding hydrogens is 330 g/mol. The van der Waals surface area contributed by atoms with Crippen molar-refractivity contribution in [1.82, 2.24) is 0 Å². The molecule has 0 aliphatic carbocycles. The maximum absolute atomic E-state index is 12.1. The zero-order chi connectivity index (χ0) is 19.4. The first kappa shape index (κ1) is 19.9. The van der Waals surface area contributed by atoms with Crippen LogP contribution in [-0.2, 0) is 0 Å². The second-order valence-electron chi connectivity index (χ2n) is 8.37. The molecule has 0 spiro atoms. The fourth-order valence-corrected chi connectivity index (χ4v) is 5.09. The molecule has 2 nitrogen and oxygen atoms in total. The molecule has 1 aliphatic rings. The molecule has 1 saturated heterocycles. The Labute approximate surface area is 164 Å². The van der Waals surface area contributed by atoms with Gasteiger partial charge in [-0.2, -0.15) is 0 Å². The summed E-state index contributed by atoms with van der Waals surface area (Å²) >= 11 is 0. The van der Waals surface area contributed by atoms with E-state index in [4.69, 9.17) is 0 Å². The summed E-state index contributed by atoms with van der Waals surface area (Å²) < 4.78 is 0. The number of hydrogen-bond donors (Lipinski definition) is 2. The summed E-state index contributed by atoms with van der Waals surface area (Å²) in [6, 6.07) is 21.8. The van der Waals surface area contributed by atoms with Crippen LogP contribution in [0.15, 0.2) is 72.8 Å². The van der Waals surface area contributed by atoms with Crippen LogP contribution in [0, 0.1) is 11.8 Å². The Kier molecular flexibility index (Phi) is 6.18. The molecule has 1 aliphatic heterocycles. The Morgan fingerprint density at radius 1 is 1.00 bits per heavy atom. The number of nitrogens with two attached hydrogens (primary N) is 1. The Morgan fingerprint density at radius 3 is 2.00 bits per heavy atom. The average Bonchev–Trinajstić information content (AvgIpc) is 2.67. The molecule has 1 fully saturated rings. The fraction of sp³-hybridized carbons (Fsp3) is 0.440. The third kappa shape index (κ3) is 4.02. The Bertz CT molecular complexity index is 741. The van der Waals surface area contributed by atoms with Gasteiger partial charge in [0.2, 0.25) is 0 Å². The summed E-state index contributed by atoms with van der Waals surface area (Å²) in [6.07, 6.45) is 2.76. The zero-order valence-electron chi connectivity index (χ0n) is 16.9. The monoisotopic (exact) mass is 364 g/mol. The number of rotatable bonds is 6. The quantitative estimate of drug-likeness (QED) is 0.710. The van der Waals surface area contributed by atoms with Crippen LogP contribution in [-0.4, -0.2) is 10.7 Å². The fourth-order valence-electron chi connectivity index (χ4n) is 5.09. The minimum atomic E-state index is -0.752. The van der Waals surface area contributed by atoms with E-state index in [1.54, 1.807) is 0 Å². The third-order valence-corrected chi connectivity index (χ3v) is 6.37. The predicted molar refractivity (Wildman–Crippen MR) is 112 cm³/mol. The molecule has 5 atom stereocenters. The van der Waals surface area contributed by atoms with Crippen molar-refractivity contribution in [3.63, 3.8) is 0 Å². The van der Waals surface area contributed by atoms with Gasteiger partial charge in [-0.25, -0.2) is 0 Å². The molecule has 0 radical (unpaired) electrons. The van der Waals surface area contributed by atoms with Crippen LogP contribution < -0.4 is 5.32 Å². The van der Waals surface area contributed by atoms with Crippen LogP contribution in [0.4, 0.5) is 0 Å². The van der Waals surface area contributed by atoms with Crippen molar-refractivity contribution >= 4 is 0 Å². The summed E-state index contributed by atoms with van der Waals surface area (Å²) in [5.41, 5.74) is 2.91. The highest BCUT2D eigenvalue weighted by molar-refractivity contribution is 5.24. The van der Waals surface area contributed by atoms with E-state index in [1.165, 1.54) is 11.1 Å². The van der Waals surface area contributed by atoms with Gasteiger partial charge < -0.3 is 10.4 Å². The van der Waals surface area contributed by atoms with Crippen molar-refractivity contribution in [2.24, 2.45) is 11.8 Å². The standard InChI is InChI=1S/C25H33NO/c1-5-12-22-24(21-15-10-7-11-16-21)26-23(20-13-8-6-9-14-20)19(4)25(22,27)17-18(2)3/h6-11,13-16,19,22-24,26-27H,2,5,12,17H2,1,3-4H3/p+1/t19-,22+,23-,24+,25+/m0/s1. The van der Waals surface area contributed by atoms with Crippen LogP contribution in [0.1, 0.15) is 63.2 Å². The van der Waals surface area contributed by atoms with Gasteiger partial charge >= 0.3 is 0 Å². The second-order valence-corrected chi connectivity index (χ2v) is 8.37. The van der Waals surface area contributed by atoms with Crippen LogP contribution >= 0.6 is 0 Å². The first-order valence-corrected chi connectivity index (χ1v) is 10.3. The second kappa shape index (κ2) is 8.41. The lowest BCUT2D eigenvalue weighted by Gasteiger charge is -2.51. The summed E-state index contributed by atoms with van der Waals surface area (Å²) in [4.78, 5) is 0. The summed E-state index contributed by atoms with van der Waals surface area (Å²) in [6.45, 7) is 10.6. The van der Waals surface area contributed by atoms with Crippen molar-refractivity contribution in [3.05, 3.63) is 83.9 Å². The first-order valence-electron chi connectivity index (χ1n) is 10.3. The van der Waals surface area contributed by atoms with Crippen molar-refractivity contribution in [2.45, 2.75) is 57.7 Å². The van der Waals surface area contributed by atoms with E-state index < -0.39 is 5.60 Å². The van der Waals surface area contributed by atoms with E-state index >= 15 is 0 Å². The number of quaternary nitrogens is 1. The van der Waals surface area contributed by atoms with Crippen molar-refractivity contribution < 1.29 is 10.4 Å². The molecule has 2 heteroatoms. The Balaban J connectivity index is 2.09. The number of hydrogen-bond acceptors (Lipinski definition) is 1. The number of piperidine rings is 1. The SMILES string of the molecule is C=C(C)C[C@]1(O)[C@H](CCC)[C@@H](c2ccccc2)[NH2+][C@H](c2ccccc2)[C@@H]1C. The van der Waals surface area contributed by atoms with Crippen LogP contribution in [0.25, 0.3) is 0 Å². The van der Waals surface area contributed by atoms with Gasteiger partial charge in [0.05, 0.1) is 5.60 Å². The minimum Gasteiger partial charge on any atom is -0.388 e. The summed E-state index contributed by atoms with van der Waals surface area (Å²) in [5, 5.41) is 14.6. The molecule has 3 rings (SSSR count). The lowest BCUT2D eigenvalue weighted by atomic mass is 9.62. The van der Waals surface area contributed by atoms with Crippen LogP contribution in [0.5, 0.6) is 0 Å². The van der Waals surface area contributed by atoms with E-state index in [0.29, 0.717) is 6.42 Å². The topological polar surface area (TPSA) is 36.8 Å². The predicted octanol–water partition coefficient (Wildman–Crippen LogP) is 4.80. The number of benzene rings is 2. The Morgan fingerprint density at radius 2 is 1.52 bits per heavy atom.